The predicted octanol–water partition coefficient (Wildman–Crippen LogP) is 6.72. The quantitative estimate of drug-likeness (QED) is 0.181. The van der Waals surface area contributed by atoms with E-state index in [9.17, 15) is 9.59 Å². The Labute approximate surface area is 182 Å². The van der Waals surface area contributed by atoms with Crippen molar-refractivity contribution in [3.63, 3.8) is 0 Å². The van der Waals surface area contributed by atoms with Crippen LogP contribution in [0.15, 0.2) is 24.3 Å². The van der Waals surface area contributed by atoms with Gasteiger partial charge in [-0.2, -0.15) is 0 Å². The lowest BCUT2D eigenvalue weighted by molar-refractivity contribution is 0.0495. The third-order valence-electron chi connectivity index (χ3n) is 4.89. The number of unbranched alkanes of at least 4 members (excludes halogenated alkanes) is 10. The van der Waals surface area contributed by atoms with Crippen LogP contribution in [-0.2, 0) is 9.47 Å². The molecule has 0 saturated carbocycles. The normalized spacial score (nSPS) is 10.2. The molecule has 166 valence electrons. The lowest BCUT2D eigenvalue weighted by atomic mass is 10.1. The van der Waals surface area contributed by atoms with Crippen molar-refractivity contribution < 1.29 is 19.1 Å². The highest BCUT2D eigenvalue weighted by Crippen LogP contribution is 2.10. The van der Waals surface area contributed by atoms with Crippen LogP contribution in [0.1, 0.15) is 112 Å². The van der Waals surface area contributed by atoms with Crippen molar-refractivity contribution in [2.45, 2.75) is 90.9 Å². The largest absolute Gasteiger partial charge is 0.462 e. The molecule has 1 aromatic carbocycles. The molecule has 1 aromatic rings. The number of carbonyl (C=O) groups excluding carboxylic acids is 2. The van der Waals surface area contributed by atoms with Crippen molar-refractivity contribution in [3.05, 3.63) is 35.4 Å². The zero-order valence-corrected chi connectivity index (χ0v) is 18.8. The van der Waals surface area contributed by atoms with E-state index in [2.05, 4.69) is 25.7 Å². The minimum Gasteiger partial charge on any atom is -0.462 e. The average Bonchev–Trinajstić information content (AvgIpc) is 2.77. The fraction of sp³-hybridized carbons (Fsp3) is 0.615. The van der Waals surface area contributed by atoms with E-state index in [1.807, 2.05) is 0 Å². The monoisotopic (exact) mass is 414 g/mol. The van der Waals surface area contributed by atoms with Crippen molar-refractivity contribution in [2.75, 3.05) is 13.2 Å². The maximum atomic E-state index is 12.0. The Hall–Kier alpha value is -2.28. The van der Waals surface area contributed by atoms with Gasteiger partial charge in [0.1, 0.15) is 0 Å². The fourth-order valence-corrected chi connectivity index (χ4v) is 3.01. The molecule has 0 aliphatic heterocycles. The topological polar surface area (TPSA) is 52.6 Å². The summed E-state index contributed by atoms with van der Waals surface area (Å²) >= 11 is 0. The van der Waals surface area contributed by atoms with Gasteiger partial charge in [0.15, 0.2) is 6.61 Å². The molecule has 0 atom stereocenters. The number of ether oxygens (including phenoxy) is 2. The first kappa shape index (κ1) is 25.8. The molecule has 0 N–H and O–H groups in total. The van der Waals surface area contributed by atoms with Crippen LogP contribution in [0.3, 0.4) is 0 Å². The molecule has 1 rings (SSSR count). The maximum Gasteiger partial charge on any atom is 0.339 e. The summed E-state index contributed by atoms with van der Waals surface area (Å²) in [6.45, 7) is 4.86. The van der Waals surface area contributed by atoms with Gasteiger partial charge in [-0.05, 0) is 37.1 Å². The Kier molecular flexibility index (Phi) is 15.1. The van der Waals surface area contributed by atoms with E-state index in [0.29, 0.717) is 17.7 Å². The van der Waals surface area contributed by atoms with Crippen LogP contribution in [0.5, 0.6) is 0 Å². The molecule has 0 amide bonds. The lowest BCUT2D eigenvalue weighted by Crippen LogP contribution is -2.08. The molecule has 0 saturated heterocycles. The summed E-state index contributed by atoms with van der Waals surface area (Å²) in [7, 11) is 0. The second-order valence-electron chi connectivity index (χ2n) is 7.57. The summed E-state index contributed by atoms with van der Waals surface area (Å²) in [5.74, 6) is 5.17. The Bertz CT molecular complexity index is 652. The lowest BCUT2D eigenvalue weighted by Gasteiger charge is -2.05. The summed E-state index contributed by atoms with van der Waals surface area (Å²) in [4.78, 5) is 24.0. The Morgan fingerprint density at radius 3 is 1.77 bits per heavy atom. The van der Waals surface area contributed by atoms with Gasteiger partial charge in [0.2, 0.25) is 0 Å². The zero-order chi connectivity index (χ0) is 21.9. The van der Waals surface area contributed by atoms with E-state index in [4.69, 9.17) is 9.47 Å². The van der Waals surface area contributed by atoms with E-state index >= 15 is 0 Å². The molecule has 4 heteroatoms. The molecule has 0 heterocycles. The van der Waals surface area contributed by atoms with Gasteiger partial charge in [0.25, 0.3) is 0 Å². The SMILES string of the molecule is CCCCCCCCCCC#CCOC(=O)c1ccc(C(=O)OCCCCC)cc1. The molecule has 0 spiro atoms. The molecular formula is C26H38O4. The predicted molar refractivity (Wildman–Crippen MR) is 122 cm³/mol. The highest BCUT2D eigenvalue weighted by atomic mass is 16.5. The minimum absolute atomic E-state index is 0.0943. The van der Waals surface area contributed by atoms with Crippen molar-refractivity contribution in [1.82, 2.24) is 0 Å². The highest BCUT2D eigenvalue weighted by molar-refractivity contribution is 5.93. The Balaban J connectivity index is 2.17. The molecule has 0 bridgehead atoms. The number of hydrogen-bond donors (Lipinski definition) is 0. The Morgan fingerprint density at radius 2 is 1.17 bits per heavy atom. The molecule has 0 aliphatic rings. The summed E-state index contributed by atoms with van der Waals surface area (Å²) in [5, 5.41) is 0. The molecule has 0 fully saturated rings. The molecule has 4 nitrogen and oxygen atoms in total. The Morgan fingerprint density at radius 1 is 0.667 bits per heavy atom. The van der Waals surface area contributed by atoms with E-state index in [-0.39, 0.29) is 12.6 Å². The van der Waals surface area contributed by atoms with Gasteiger partial charge in [-0.15, -0.1) is 0 Å². The minimum atomic E-state index is -0.431. The van der Waals surface area contributed by atoms with Gasteiger partial charge in [-0.1, -0.05) is 83.5 Å². The number of esters is 2. The van der Waals surface area contributed by atoms with Crippen molar-refractivity contribution >= 4 is 11.9 Å². The van der Waals surface area contributed by atoms with Crippen LogP contribution in [0.4, 0.5) is 0 Å². The first-order valence-corrected chi connectivity index (χ1v) is 11.6. The third kappa shape index (κ3) is 12.3. The van der Waals surface area contributed by atoms with E-state index in [1.165, 1.54) is 44.9 Å². The smallest absolute Gasteiger partial charge is 0.339 e. The van der Waals surface area contributed by atoms with Gasteiger partial charge in [0, 0.05) is 6.42 Å². The van der Waals surface area contributed by atoms with Crippen LogP contribution >= 0.6 is 0 Å². The number of rotatable bonds is 15. The molecule has 0 aliphatic carbocycles. The van der Waals surface area contributed by atoms with E-state index in [1.54, 1.807) is 24.3 Å². The van der Waals surface area contributed by atoms with Crippen molar-refractivity contribution in [3.8, 4) is 11.8 Å². The van der Waals surface area contributed by atoms with E-state index in [0.717, 1.165) is 32.1 Å². The van der Waals surface area contributed by atoms with E-state index < -0.39 is 5.97 Å². The van der Waals surface area contributed by atoms with Crippen LogP contribution < -0.4 is 0 Å². The maximum absolute atomic E-state index is 12.0. The highest BCUT2D eigenvalue weighted by Gasteiger charge is 2.10. The number of benzene rings is 1. The molecule has 0 unspecified atom stereocenters. The van der Waals surface area contributed by atoms with Crippen LogP contribution in [0.2, 0.25) is 0 Å². The van der Waals surface area contributed by atoms with Gasteiger partial charge in [-0.25, -0.2) is 9.59 Å². The van der Waals surface area contributed by atoms with Gasteiger partial charge >= 0.3 is 11.9 Å². The van der Waals surface area contributed by atoms with Crippen LogP contribution in [-0.4, -0.2) is 25.2 Å². The van der Waals surface area contributed by atoms with Crippen LogP contribution in [0, 0.1) is 11.8 Å². The third-order valence-corrected chi connectivity index (χ3v) is 4.89. The second kappa shape index (κ2) is 17.6. The van der Waals surface area contributed by atoms with Crippen LogP contribution in [0.25, 0.3) is 0 Å². The van der Waals surface area contributed by atoms with Gasteiger partial charge < -0.3 is 9.47 Å². The second-order valence-corrected chi connectivity index (χ2v) is 7.57. The van der Waals surface area contributed by atoms with Crippen molar-refractivity contribution in [2.24, 2.45) is 0 Å². The van der Waals surface area contributed by atoms with Crippen molar-refractivity contribution in [1.29, 1.82) is 0 Å². The summed E-state index contributed by atoms with van der Waals surface area (Å²) < 4.78 is 10.4. The molecule has 0 radical (unpaired) electrons. The molecule has 30 heavy (non-hydrogen) atoms. The first-order chi connectivity index (χ1) is 14.7. The molecule has 0 aromatic heterocycles. The first-order valence-electron chi connectivity index (χ1n) is 11.6. The standard InChI is InChI=1S/C26H38O4/c1-3-5-7-8-9-10-11-12-13-14-16-22-30-26(28)24-19-17-23(18-20-24)25(27)29-21-15-6-4-2/h17-20H,3-13,15,21-22H2,1-2H3. The fourth-order valence-electron chi connectivity index (χ4n) is 3.01. The average molecular weight is 415 g/mol. The van der Waals surface area contributed by atoms with Gasteiger partial charge in [-0.3, -0.25) is 0 Å². The molecular weight excluding hydrogens is 376 g/mol. The number of hydrogen-bond acceptors (Lipinski definition) is 4. The number of carbonyl (C=O) groups is 2. The summed E-state index contributed by atoms with van der Waals surface area (Å²) in [6.07, 6.45) is 14.1. The van der Waals surface area contributed by atoms with Gasteiger partial charge in [0.05, 0.1) is 17.7 Å². The zero-order valence-electron chi connectivity index (χ0n) is 18.8. The summed E-state index contributed by atoms with van der Waals surface area (Å²) in [6, 6.07) is 6.34. The summed E-state index contributed by atoms with van der Waals surface area (Å²) in [5.41, 5.74) is 0.843.